The second kappa shape index (κ2) is 5.15. The first-order valence-corrected chi connectivity index (χ1v) is 6.85. The van der Waals surface area contributed by atoms with Crippen molar-refractivity contribution in [3.05, 3.63) is 55.4 Å². The van der Waals surface area contributed by atoms with E-state index in [0.29, 0.717) is 20.5 Å². The van der Waals surface area contributed by atoms with Crippen LogP contribution in [-0.2, 0) is 0 Å². The Bertz CT molecular complexity index is 551. The van der Waals surface area contributed by atoms with Crippen LogP contribution in [0, 0.1) is 12.7 Å². The average molecular weight is 310 g/mol. The predicted molar refractivity (Wildman–Crippen MR) is 73.2 cm³/mol. The fourth-order valence-corrected chi connectivity index (χ4v) is 3.25. The minimum atomic E-state index is -0.403. The first-order chi connectivity index (χ1) is 7.99. The molecule has 0 nitrogen and oxygen atoms in total. The summed E-state index contributed by atoms with van der Waals surface area (Å²) in [5, 5.41) is -0.0723. The van der Waals surface area contributed by atoms with Gasteiger partial charge in [-0.2, -0.15) is 0 Å². The first-order valence-electron chi connectivity index (χ1n) is 4.84. The van der Waals surface area contributed by atoms with Gasteiger partial charge in [-0.05, 0) is 42.3 Å². The zero-order valence-electron chi connectivity index (χ0n) is 8.81. The van der Waals surface area contributed by atoms with Crippen molar-refractivity contribution in [1.82, 2.24) is 0 Å². The topological polar surface area (TPSA) is 0 Å². The molecule has 1 heterocycles. The van der Waals surface area contributed by atoms with E-state index in [4.69, 9.17) is 34.8 Å². The molecule has 0 spiro atoms. The van der Waals surface area contributed by atoms with Gasteiger partial charge in [0.05, 0.1) is 9.71 Å². The lowest BCUT2D eigenvalue weighted by Crippen LogP contribution is -1.94. The number of hydrogen-bond donors (Lipinski definition) is 0. The van der Waals surface area contributed by atoms with Crippen LogP contribution in [0.25, 0.3) is 0 Å². The molecule has 1 unspecified atom stereocenters. The Hall–Kier alpha value is -0.280. The molecular formula is C12H8Cl3FS. The number of aryl methyl sites for hydroxylation is 1. The number of hydrogen-bond acceptors (Lipinski definition) is 1. The molecular weight excluding hydrogens is 302 g/mol. The Balaban J connectivity index is 2.43. The monoisotopic (exact) mass is 308 g/mol. The van der Waals surface area contributed by atoms with Crippen LogP contribution in [0.5, 0.6) is 0 Å². The molecule has 5 heteroatoms. The molecule has 0 aliphatic heterocycles. The summed E-state index contributed by atoms with van der Waals surface area (Å²) in [7, 11) is 0. The van der Waals surface area contributed by atoms with Gasteiger partial charge in [0.2, 0.25) is 0 Å². The van der Waals surface area contributed by atoms with Gasteiger partial charge in [-0.15, -0.1) is 22.9 Å². The molecule has 0 aliphatic rings. The van der Waals surface area contributed by atoms with Crippen LogP contribution in [-0.4, -0.2) is 0 Å². The Morgan fingerprint density at radius 1 is 1.24 bits per heavy atom. The van der Waals surface area contributed by atoms with Gasteiger partial charge < -0.3 is 0 Å². The van der Waals surface area contributed by atoms with Crippen molar-refractivity contribution in [2.75, 3.05) is 0 Å². The van der Waals surface area contributed by atoms with Gasteiger partial charge in [0.25, 0.3) is 0 Å². The Morgan fingerprint density at radius 3 is 2.53 bits per heavy atom. The molecule has 0 aliphatic carbocycles. The van der Waals surface area contributed by atoms with Crippen molar-refractivity contribution in [3.8, 4) is 0 Å². The molecule has 90 valence electrons. The number of thiophene rings is 1. The quantitative estimate of drug-likeness (QED) is 0.612. The van der Waals surface area contributed by atoms with Crippen LogP contribution in [0.4, 0.5) is 4.39 Å². The molecule has 1 atom stereocenters. The Kier molecular flexibility index (Phi) is 3.99. The van der Waals surface area contributed by atoms with Crippen LogP contribution >= 0.6 is 46.1 Å². The minimum absolute atomic E-state index is 0.327. The standard InChI is InChI=1S/C12H8Cl3FS/c1-6-4-7(8(13)5-9(6)16)12(15)10-2-3-11(14)17-10/h2-5,12H,1H3. The third kappa shape index (κ3) is 2.76. The maximum atomic E-state index is 13.3. The van der Waals surface area contributed by atoms with E-state index in [0.717, 1.165) is 4.88 Å². The lowest BCUT2D eigenvalue weighted by atomic mass is 10.1. The van der Waals surface area contributed by atoms with E-state index >= 15 is 0 Å². The molecule has 0 N–H and O–H groups in total. The van der Waals surface area contributed by atoms with E-state index in [1.54, 1.807) is 19.1 Å². The summed E-state index contributed by atoms with van der Waals surface area (Å²) < 4.78 is 14.0. The molecule has 2 aromatic rings. The van der Waals surface area contributed by atoms with Crippen LogP contribution in [0.3, 0.4) is 0 Å². The van der Waals surface area contributed by atoms with E-state index in [1.165, 1.54) is 17.4 Å². The second-order valence-electron chi connectivity index (χ2n) is 3.63. The third-order valence-corrected chi connectivity index (χ3v) is 4.62. The predicted octanol–water partition coefficient (Wildman–Crippen LogP) is 5.83. The van der Waals surface area contributed by atoms with Crippen molar-refractivity contribution in [2.45, 2.75) is 12.3 Å². The summed E-state index contributed by atoms with van der Waals surface area (Å²) in [6.45, 7) is 1.68. The number of alkyl halides is 1. The summed E-state index contributed by atoms with van der Waals surface area (Å²) in [5.74, 6) is -0.327. The van der Waals surface area contributed by atoms with E-state index in [9.17, 15) is 4.39 Å². The highest BCUT2D eigenvalue weighted by Gasteiger charge is 2.17. The van der Waals surface area contributed by atoms with Crippen LogP contribution < -0.4 is 0 Å². The molecule has 1 aromatic carbocycles. The molecule has 2 rings (SSSR count). The molecule has 0 bridgehead atoms. The highest BCUT2D eigenvalue weighted by Crippen LogP contribution is 2.39. The zero-order chi connectivity index (χ0) is 12.6. The Labute approximate surface area is 118 Å². The van der Waals surface area contributed by atoms with Crippen molar-refractivity contribution in [3.63, 3.8) is 0 Å². The SMILES string of the molecule is Cc1cc(C(Cl)c2ccc(Cl)s2)c(Cl)cc1F. The van der Waals surface area contributed by atoms with Gasteiger partial charge in [-0.1, -0.05) is 23.2 Å². The maximum Gasteiger partial charge on any atom is 0.127 e. The van der Waals surface area contributed by atoms with Crippen LogP contribution in [0.2, 0.25) is 9.36 Å². The fraction of sp³-hybridized carbons (Fsp3) is 0.167. The zero-order valence-corrected chi connectivity index (χ0v) is 11.9. The summed E-state index contributed by atoms with van der Waals surface area (Å²) >= 11 is 19.6. The van der Waals surface area contributed by atoms with Crippen molar-refractivity contribution >= 4 is 46.1 Å². The van der Waals surface area contributed by atoms with E-state index in [2.05, 4.69) is 0 Å². The molecule has 0 saturated carbocycles. The van der Waals surface area contributed by atoms with E-state index < -0.39 is 5.38 Å². The third-order valence-electron chi connectivity index (χ3n) is 2.39. The fourth-order valence-electron chi connectivity index (χ4n) is 1.49. The van der Waals surface area contributed by atoms with E-state index in [-0.39, 0.29) is 5.82 Å². The van der Waals surface area contributed by atoms with E-state index in [1.807, 2.05) is 6.07 Å². The number of benzene rings is 1. The lowest BCUT2D eigenvalue weighted by molar-refractivity contribution is 0.618. The number of rotatable bonds is 2. The molecule has 0 radical (unpaired) electrons. The second-order valence-corrected chi connectivity index (χ2v) is 6.22. The summed E-state index contributed by atoms with van der Waals surface area (Å²) in [4.78, 5) is 0.893. The summed E-state index contributed by atoms with van der Waals surface area (Å²) in [5.41, 5.74) is 1.23. The number of halogens is 4. The molecule has 0 fully saturated rings. The van der Waals surface area contributed by atoms with Gasteiger partial charge in [0.1, 0.15) is 5.82 Å². The van der Waals surface area contributed by atoms with Gasteiger partial charge in [-0.3, -0.25) is 0 Å². The Morgan fingerprint density at radius 2 is 1.94 bits per heavy atom. The molecule has 0 saturated heterocycles. The highest BCUT2D eigenvalue weighted by atomic mass is 35.5. The van der Waals surface area contributed by atoms with Gasteiger partial charge in [0.15, 0.2) is 0 Å². The first kappa shape index (κ1) is 13.2. The van der Waals surface area contributed by atoms with Crippen molar-refractivity contribution in [2.24, 2.45) is 0 Å². The largest absolute Gasteiger partial charge is 0.207 e. The van der Waals surface area contributed by atoms with Crippen molar-refractivity contribution < 1.29 is 4.39 Å². The highest BCUT2D eigenvalue weighted by molar-refractivity contribution is 7.16. The normalized spacial score (nSPS) is 12.8. The summed E-state index contributed by atoms with van der Waals surface area (Å²) in [6.07, 6.45) is 0. The summed E-state index contributed by atoms with van der Waals surface area (Å²) in [6, 6.07) is 6.58. The van der Waals surface area contributed by atoms with Crippen LogP contribution in [0.15, 0.2) is 24.3 Å². The van der Waals surface area contributed by atoms with Gasteiger partial charge in [0, 0.05) is 9.90 Å². The lowest BCUT2D eigenvalue weighted by Gasteiger charge is -2.11. The van der Waals surface area contributed by atoms with Crippen LogP contribution in [0.1, 0.15) is 21.4 Å². The maximum absolute atomic E-state index is 13.3. The minimum Gasteiger partial charge on any atom is -0.207 e. The van der Waals surface area contributed by atoms with Crippen molar-refractivity contribution in [1.29, 1.82) is 0 Å². The molecule has 17 heavy (non-hydrogen) atoms. The smallest absolute Gasteiger partial charge is 0.127 e. The molecule has 1 aromatic heterocycles. The van der Waals surface area contributed by atoms with Gasteiger partial charge in [-0.25, -0.2) is 4.39 Å². The average Bonchev–Trinajstić information content (AvgIpc) is 2.69. The van der Waals surface area contributed by atoms with Gasteiger partial charge >= 0.3 is 0 Å². The molecule has 0 amide bonds.